The first-order chi connectivity index (χ1) is 7.77. The molecule has 0 amide bonds. The quantitative estimate of drug-likeness (QED) is 0.859. The van der Waals surface area contributed by atoms with Gasteiger partial charge in [0.25, 0.3) is 0 Å². The Morgan fingerprint density at radius 2 is 2.06 bits per heavy atom. The molecule has 0 fully saturated rings. The van der Waals surface area contributed by atoms with E-state index in [1.807, 2.05) is 6.92 Å². The summed E-state index contributed by atoms with van der Waals surface area (Å²) in [6.45, 7) is 6.24. The molecule has 0 spiro atoms. The molecule has 0 saturated carbocycles. The summed E-state index contributed by atoms with van der Waals surface area (Å²) >= 11 is 1.09. The van der Waals surface area contributed by atoms with Gasteiger partial charge in [-0.2, -0.15) is 4.37 Å². The Hall–Kier alpha value is -0.820. The van der Waals surface area contributed by atoms with Gasteiger partial charge in [-0.15, -0.1) is 0 Å². The standard InChI is InChI=1S/C10H19N3O2S2/c1-5-6(2)7(3)12-10-8(17(4,14)15)9(11)13-16-10/h6-7,12H,5H2,1-4H3,(H2,11,13). The second kappa shape index (κ2) is 5.22. The van der Waals surface area contributed by atoms with Crippen LogP contribution in [0.1, 0.15) is 27.2 Å². The highest BCUT2D eigenvalue weighted by Crippen LogP contribution is 2.32. The van der Waals surface area contributed by atoms with Gasteiger partial charge in [-0.05, 0) is 24.4 Å². The summed E-state index contributed by atoms with van der Waals surface area (Å²) in [5.41, 5.74) is 5.59. The molecule has 1 heterocycles. The van der Waals surface area contributed by atoms with Crippen molar-refractivity contribution < 1.29 is 8.42 Å². The lowest BCUT2D eigenvalue weighted by atomic mass is 10.0. The number of rotatable bonds is 5. The number of sulfone groups is 1. The zero-order chi connectivity index (χ0) is 13.2. The Balaban J connectivity index is 3.01. The van der Waals surface area contributed by atoms with E-state index in [1.54, 1.807) is 0 Å². The molecule has 2 atom stereocenters. The fourth-order valence-electron chi connectivity index (χ4n) is 1.45. The fraction of sp³-hybridized carbons (Fsp3) is 0.700. The zero-order valence-electron chi connectivity index (χ0n) is 10.5. The molecular weight excluding hydrogens is 258 g/mol. The van der Waals surface area contributed by atoms with Gasteiger partial charge < -0.3 is 11.1 Å². The molecule has 0 bridgehead atoms. The highest BCUT2D eigenvalue weighted by atomic mass is 32.2. The van der Waals surface area contributed by atoms with Crippen molar-refractivity contribution in [2.24, 2.45) is 5.92 Å². The molecule has 1 aromatic rings. The number of hydrogen-bond donors (Lipinski definition) is 2. The zero-order valence-corrected chi connectivity index (χ0v) is 12.2. The maximum Gasteiger partial charge on any atom is 0.182 e. The summed E-state index contributed by atoms with van der Waals surface area (Å²) in [5, 5.41) is 3.73. The van der Waals surface area contributed by atoms with Crippen LogP contribution in [0, 0.1) is 5.92 Å². The van der Waals surface area contributed by atoms with Crippen molar-refractivity contribution in [3.05, 3.63) is 0 Å². The molecule has 98 valence electrons. The van der Waals surface area contributed by atoms with Gasteiger partial charge in [-0.1, -0.05) is 20.3 Å². The molecule has 0 saturated heterocycles. The van der Waals surface area contributed by atoms with Crippen molar-refractivity contribution in [1.82, 2.24) is 4.37 Å². The molecule has 2 unspecified atom stereocenters. The van der Waals surface area contributed by atoms with E-state index in [0.29, 0.717) is 10.9 Å². The molecule has 1 aromatic heterocycles. The third kappa shape index (κ3) is 3.32. The van der Waals surface area contributed by atoms with E-state index in [9.17, 15) is 8.42 Å². The lowest BCUT2D eigenvalue weighted by molar-refractivity contribution is 0.494. The Bertz CT molecular complexity index is 482. The second-order valence-corrected chi connectivity index (χ2v) is 7.04. The summed E-state index contributed by atoms with van der Waals surface area (Å²) in [4.78, 5) is 0.123. The van der Waals surface area contributed by atoms with Crippen LogP contribution in [0.15, 0.2) is 4.90 Å². The van der Waals surface area contributed by atoms with E-state index in [4.69, 9.17) is 5.73 Å². The Kier molecular flexibility index (Phi) is 4.37. The average molecular weight is 277 g/mol. The first kappa shape index (κ1) is 14.2. The van der Waals surface area contributed by atoms with Crippen molar-refractivity contribution in [1.29, 1.82) is 0 Å². The number of nitrogens with one attached hydrogen (secondary N) is 1. The summed E-state index contributed by atoms with van der Waals surface area (Å²) in [5.74, 6) is 0.530. The average Bonchev–Trinajstić information content (AvgIpc) is 2.57. The monoisotopic (exact) mass is 277 g/mol. The van der Waals surface area contributed by atoms with Crippen molar-refractivity contribution in [2.75, 3.05) is 17.3 Å². The molecule has 5 nitrogen and oxygen atoms in total. The van der Waals surface area contributed by atoms with E-state index in [0.717, 1.165) is 24.2 Å². The van der Waals surface area contributed by atoms with Gasteiger partial charge in [-0.25, -0.2) is 8.42 Å². The second-order valence-electron chi connectivity index (χ2n) is 4.32. The van der Waals surface area contributed by atoms with E-state index in [1.165, 1.54) is 0 Å². The van der Waals surface area contributed by atoms with E-state index in [-0.39, 0.29) is 16.8 Å². The number of nitrogens with two attached hydrogens (primary N) is 1. The normalized spacial score (nSPS) is 15.5. The predicted molar refractivity (Wildman–Crippen MR) is 72.2 cm³/mol. The molecule has 3 N–H and O–H groups in total. The molecule has 0 radical (unpaired) electrons. The van der Waals surface area contributed by atoms with Gasteiger partial charge in [0.15, 0.2) is 15.7 Å². The van der Waals surface area contributed by atoms with Gasteiger partial charge in [0.1, 0.15) is 9.90 Å². The van der Waals surface area contributed by atoms with E-state index in [2.05, 4.69) is 23.5 Å². The summed E-state index contributed by atoms with van der Waals surface area (Å²) in [6, 6.07) is 0.181. The van der Waals surface area contributed by atoms with Crippen molar-refractivity contribution in [3.8, 4) is 0 Å². The molecule has 17 heavy (non-hydrogen) atoms. The minimum absolute atomic E-state index is 0.0800. The van der Waals surface area contributed by atoms with Crippen LogP contribution in [-0.4, -0.2) is 25.1 Å². The van der Waals surface area contributed by atoms with E-state index >= 15 is 0 Å². The van der Waals surface area contributed by atoms with Gasteiger partial charge in [-0.3, -0.25) is 0 Å². The number of aromatic nitrogens is 1. The predicted octanol–water partition coefficient (Wildman–Crippen LogP) is 1.98. The van der Waals surface area contributed by atoms with E-state index < -0.39 is 9.84 Å². The molecule has 0 aliphatic carbocycles. The van der Waals surface area contributed by atoms with Crippen LogP contribution >= 0.6 is 11.5 Å². The lowest BCUT2D eigenvalue weighted by Crippen LogP contribution is -2.23. The largest absolute Gasteiger partial charge is 0.382 e. The Morgan fingerprint density at radius 3 is 2.53 bits per heavy atom. The number of hydrogen-bond acceptors (Lipinski definition) is 6. The maximum absolute atomic E-state index is 11.6. The van der Waals surface area contributed by atoms with Gasteiger partial charge in [0.05, 0.1) is 0 Å². The first-order valence-electron chi connectivity index (χ1n) is 5.49. The lowest BCUT2D eigenvalue weighted by Gasteiger charge is -2.20. The number of nitrogen functional groups attached to an aromatic ring is 1. The Morgan fingerprint density at radius 1 is 1.47 bits per heavy atom. The third-order valence-corrected chi connectivity index (χ3v) is 4.98. The minimum Gasteiger partial charge on any atom is -0.382 e. The van der Waals surface area contributed by atoms with Crippen LogP contribution < -0.4 is 11.1 Å². The summed E-state index contributed by atoms with van der Waals surface area (Å²) in [7, 11) is -3.34. The maximum atomic E-state index is 11.6. The minimum atomic E-state index is -3.34. The Labute approximate surface area is 107 Å². The van der Waals surface area contributed by atoms with Crippen LogP contribution in [0.5, 0.6) is 0 Å². The first-order valence-corrected chi connectivity index (χ1v) is 8.15. The summed E-state index contributed by atoms with van der Waals surface area (Å²) < 4.78 is 27.1. The molecule has 0 aliphatic rings. The van der Waals surface area contributed by atoms with Crippen LogP contribution in [0.2, 0.25) is 0 Å². The van der Waals surface area contributed by atoms with Crippen molar-refractivity contribution in [2.45, 2.75) is 38.1 Å². The molecule has 0 aliphatic heterocycles. The van der Waals surface area contributed by atoms with Crippen LogP contribution in [-0.2, 0) is 9.84 Å². The van der Waals surface area contributed by atoms with Crippen molar-refractivity contribution in [3.63, 3.8) is 0 Å². The topological polar surface area (TPSA) is 85.1 Å². The molecule has 1 rings (SSSR count). The highest BCUT2D eigenvalue weighted by molar-refractivity contribution is 7.91. The molecular formula is C10H19N3O2S2. The fourth-order valence-corrected chi connectivity index (χ4v) is 3.60. The van der Waals surface area contributed by atoms with Gasteiger partial charge in [0, 0.05) is 12.3 Å². The molecule has 0 aromatic carbocycles. The number of anilines is 2. The SMILES string of the molecule is CCC(C)C(C)Nc1snc(N)c1S(C)(=O)=O. The van der Waals surface area contributed by atoms with Crippen LogP contribution in [0.25, 0.3) is 0 Å². The highest BCUT2D eigenvalue weighted by Gasteiger charge is 2.23. The molecule has 7 heteroatoms. The summed E-state index contributed by atoms with van der Waals surface area (Å²) in [6.07, 6.45) is 2.17. The van der Waals surface area contributed by atoms with Gasteiger partial charge in [0.2, 0.25) is 0 Å². The van der Waals surface area contributed by atoms with Crippen molar-refractivity contribution >= 4 is 32.2 Å². The van der Waals surface area contributed by atoms with Crippen LogP contribution in [0.4, 0.5) is 10.8 Å². The number of nitrogens with zero attached hydrogens (tertiary/aromatic N) is 1. The third-order valence-electron chi connectivity index (χ3n) is 2.90. The van der Waals surface area contributed by atoms with Crippen LogP contribution in [0.3, 0.4) is 0 Å². The van der Waals surface area contributed by atoms with Gasteiger partial charge >= 0.3 is 0 Å². The smallest absolute Gasteiger partial charge is 0.182 e.